The first kappa shape index (κ1) is 33.2. The standard InChI is InChI=1S/C54H34N2S/c1-3-14-35(15-4-1)43-32-44(36-16-5-2-6-17-36)34-45(33-43)41-23-11-21-39(30-41)40-22-12-24-42(31-40)51-50-49-29-28-38-19-8-10-26-47(38)52(49)57-54(50)56-53(55-51)48-27-13-20-37-18-7-9-25-46(37)48/h1-34H. The summed E-state index contributed by atoms with van der Waals surface area (Å²) in [4.78, 5) is 11.8. The molecule has 0 bridgehead atoms. The van der Waals surface area contributed by atoms with Crippen molar-refractivity contribution in [2.45, 2.75) is 0 Å². The molecule has 0 aliphatic heterocycles. The molecule has 0 aliphatic rings. The van der Waals surface area contributed by atoms with Gasteiger partial charge < -0.3 is 0 Å². The Bertz CT molecular complexity index is 3230. The summed E-state index contributed by atoms with van der Waals surface area (Å²) in [7, 11) is 0. The number of fused-ring (bicyclic) bond motifs is 6. The van der Waals surface area contributed by atoms with Gasteiger partial charge in [-0.15, -0.1) is 11.3 Å². The zero-order valence-electron chi connectivity index (χ0n) is 30.9. The average molecular weight is 743 g/mol. The van der Waals surface area contributed by atoms with Crippen LogP contribution in [0.4, 0.5) is 0 Å². The van der Waals surface area contributed by atoms with Gasteiger partial charge in [0.15, 0.2) is 5.82 Å². The molecule has 57 heavy (non-hydrogen) atoms. The van der Waals surface area contributed by atoms with Crippen molar-refractivity contribution in [2.75, 3.05) is 0 Å². The van der Waals surface area contributed by atoms with Gasteiger partial charge in [0.25, 0.3) is 0 Å². The molecular weight excluding hydrogens is 709 g/mol. The minimum atomic E-state index is 0.741. The van der Waals surface area contributed by atoms with E-state index in [1.807, 2.05) is 0 Å². The van der Waals surface area contributed by atoms with Gasteiger partial charge in [-0.05, 0) is 96.4 Å². The Kier molecular flexibility index (Phi) is 8.04. The van der Waals surface area contributed by atoms with Gasteiger partial charge in [-0.1, -0.05) is 176 Å². The van der Waals surface area contributed by atoms with Crippen LogP contribution in [0.5, 0.6) is 0 Å². The van der Waals surface area contributed by atoms with Gasteiger partial charge in [-0.2, -0.15) is 0 Å². The molecule has 0 saturated heterocycles. The molecular formula is C54H34N2S. The first-order valence-corrected chi connectivity index (χ1v) is 20.1. The summed E-state index contributed by atoms with van der Waals surface area (Å²) in [5, 5.41) is 7.08. The second-order valence-electron chi connectivity index (χ2n) is 14.6. The van der Waals surface area contributed by atoms with Crippen LogP contribution >= 0.6 is 11.3 Å². The minimum Gasteiger partial charge on any atom is -0.227 e. The largest absolute Gasteiger partial charge is 0.227 e. The van der Waals surface area contributed by atoms with E-state index in [2.05, 4.69) is 206 Å². The van der Waals surface area contributed by atoms with Crippen molar-refractivity contribution in [1.29, 1.82) is 0 Å². The van der Waals surface area contributed by atoms with E-state index in [9.17, 15) is 0 Å². The van der Waals surface area contributed by atoms with Gasteiger partial charge in [0, 0.05) is 26.6 Å². The number of hydrogen-bond donors (Lipinski definition) is 0. The number of rotatable bonds is 6. The monoisotopic (exact) mass is 742 g/mol. The fourth-order valence-corrected chi connectivity index (χ4v) is 9.48. The quantitative estimate of drug-likeness (QED) is 0.170. The van der Waals surface area contributed by atoms with Crippen LogP contribution in [0, 0.1) is 0 Å². The summed E-state index contributed by atoms with van der Waals surface area (Å²) in [6.45, 7) is 0. The van der Waals surface area contributed by atoms with Gasteiger partial charge >= 0.3 is 0 Å². The van der Waals surface area contributed by atoms with Crippen molar-refractivity contribution in [3.05, 3.63) is 206 Å². The van der Waals surface area contributed by atoms with Crippen molar-refractivity contribution >= 4 is 53.2 Å². The summed E-state index contributed by atoms with van der Waals surface area (Å²) < 4.78 is 1.24. The van der Waals surface area contributed by atoms with Gasteiger partial charge in [0.2, 0.25) is 0 Å². The molecule has 0 atom stereocenters. The van der Waals surface area contributed by atoms with E-state index in [0.29, 0.717) is 0 Å². The Hall–Kier alpha value is -7.20. The van der Waals surface area contributed by atoms with Crippen molar-refractivity contribution in [3.8, 4) is 67.2 Å². The first-order chi connectivity index (χ1) is 28.2. The molecule has 0 spiro atoms. The molecule has 9 aromatic carbocycles. The molecule has 2 aromatic heterocycles. The SMILES string of the molecule is c1ccc(-c2cc(-c3ccccc3)cc(-c3cccc(-c4cccc(-c5nc(-c6cccc7ccccc67)nc6sc7c8ccccc8ccc7c56)c4)c3)c2)cc1. The lowest BCUT2D eigenvalue weighted by Gasteiger charge is -2.13. The molecule has 0 fully saturated rings. The Balaban J connectivity index is 1.08. The zero-order chi connectivity index (χ0) is 37.7. The molecule has 2 heterocycles. The lowest BCUT2D eigenvalue weighted by Crippen LogP contribution is -1.95. The molecule has 11 aromatic rings. The summed E-state index contributed by atoms with van der Waals surface area (Å²) in [6.07, 6.45) is 0. The minimum absolute atomic E-state index is 0.741. The maximum atomic E-state index is 5.47. The summed E-state index contributed by atoms with van der Waals surface area (Å²) in [6, 6.07) is 74.1. The van der Waals surface area contributed by atoms with E-state index in [-0.39, 0.29) is 0 Å². The molecule has 0 amide bonds. The van der Waals surface area contributed by atoms with E-state index in [0.717, 1.165) is 49.4 Å². The zero-order valence-corrected chi connectivity index (χ0v) is 31.7. The van der Waals surface area contributed by atoms with Crippen LogP contribution in [0.2, 0.25) is 0 Å². The normalized spacial score (nSPS) is 11.5. The highest BCUT2D eigenvalue weighted by Gasteiger charge is 2.20. The number of benzene rings is 9. The van der Waals surface area contributed by atoms with E-state index in [4.69, 9.17) is 9.97 Å². The number of thiophene rings is 1. The second-order valence-corrected chi connectivity index (χ2v) is 15.6. The molecule has 2 nitrogen and oxygen atoms in total. The molecule has 0 aliphatic carbocycles. The van der Waals surface area contributed by atoms with Gasteiger partial charge in [-0.3, -0.25) is 0 Å². The van der Waals surface area contributed by atoms with Crippen molar-refractivity contribution < 1.29 is 0 Å². The predicted octanol–water partition coefficient (Wildman–Crippen LogP) is 15.2. The molecule has 11 rings (SSSR count). The van der Waals surface area contributed by atoms with E-state index in [1.165, 1.54) is 59.6 Å². The van der Waals surface area contributed by atoms with E-state index < -0.39 is 0 Å². The van der Waals surface area contributed by atoms with Gasteiger partial charge in [0.1, 0.15) is 4.83 Å². The maximum Gasteiger partial charge on any atom is 0.162 e. The fourth-order valence-electron chi connectivity index (χ4n) is 8.27. The van der Waals surface area contributed by atoms with Gasteiger partial charge in [-0.25, -0.2) is 9.97 Å². The molecule has 0 saturated carbocycles. The first-order valence-electron chi connectivity index (χ1n) is 19.3. The van der Waals surface area contributed by atoms with Gasteiger partial charge in [0.05, 0.1) is 5.69 Å². The third kappa shape index (κ3) is 5.97. The summed E-state index contributed by atoms with van der Waals surface area (Å²) in [5.41, 5.74) is 12.5. The summed E-state index contributed by atoms with van der Waals surface area (Å²) >= 11 is 1.76. The number of hydrogen-bond acceptors (Lipinski definition) is 3. The number of aromatic nitrogens is 2. The molecule has 0 radical (unpaired) electrons. The molecule has 0 N–H and O–H groups in total. The fraction of sp³-hybridized carbons (Fsp3) is 0. The molecule has 3 heteroatoms. The maximum absolute atomic E-state index is 5.47. The van der Waals surface area contributed by atoms with Crippen LogP contribution in [0.1, 0.15) is 0 Å². The lowest BCUT2D eigenvalue weighted by atomic mass is 9.92. The van der Waals surface area contributed by atoms with Crippen LogP contribution in [0.15, 0.2) is 206 Å². The van der Waals surface area contributed by atoms with Crippen molar-refractivity contribution in [3.63, 3.8) is 0 Å². The van der Waals surface area contributed by atoms with Crippen LogP contribution in [-0.4, -0.2) is 9.97 Å². The Morgan fingerprint density at radius 2 is 0.789 bits per heavy atom. The third-order valence-electron chi connectivity index (χ3n) is 11.1. The Labute approximate surface area is 335 Å². The summed E-state index contributed by atoms with van der Waals surface area (Å²) in [5.74, 6) is 0.741. The van der Waals surface area contributed by atoms with Crippen LogP contribution in [0.25, 0.3) is 109 Å². The highest BCUT2D eigenvalue weighted by Crippen LogP contribution is 2.44. The Morgan fingerprint density at radius 1 is 0.316 bits per heavy atom. The highest BCUT2D eigenvalue weighted by molar-refractivity contribution is 7.26. The van der Waals surface area contributed by atoms with Crippen LogP contribution < -0.4 is 0 Å². The van der Waals surface area contributed by atoms with Crippen molar-refractivity contribution in [2.24, 2.45) is 0 Å². The molecule has 0 unspecified atom stereocenters. The highest BCUT2D eigenvalue weighted by atomic mass is 32.1. The third-order valence-corrected chi connectivity index (χ3v) is 12.2. The van der Waals surface area contributed by atoms with E-state index >= 15 is 0 Å². The second kappa shape index (κ2) is 13.8. The predicted molar refractivity (Wildman–Crippen MR) is 243 cm³/mol. The van der Waals surface area contributed by atoms with E-state index in [1.54, 1.807) is 11.3 Å². The average Bonchev–Trinajstić information content (AvgIpc) is 3.68. The van der Waals surface area contributed by atoms with Crippen LogP contribution in [0.3, 0.4) is 0 Å². The number of nitrogens with zero attached hydrogens (tertiary/aromatic N) is 2. The lowest BCUT2D eigenvalue weighted by molar-refractivity contribution is 1.25. The van der Waals surface area contributed by atoms with Crippen LogP contribution in [-0.2, 0) is 0 Å². The topological polar surface area (TPSA) is 25.8 Å². The smallest absolute Gasteiger partial charge is 0.162 e. The Morgan fingerprint density at radius 3 is 1.47 bits per heavy atom. The van der Waals surface area contributed by atoms with Crippen molar-refractivity contribution in [1.82, 2.24) is 9.97 Å². The molecule has 266 valence electrons.